The van der Waals surface area contributed by atoms with Crippen molar-refractivity contribution in [3.63, 3.8) is 0 Å². The zero-order valence-corrected chi connectivity index (χ0v) is 15.2. The number of nitrogens with one attached hydrogen (secondary N) is 1. The SMILES string of the molecule is O=S(=O)(N[C@@H](c1cn(C2CCC2)c2nc(Cl)c(F)cc12)C(F)F)C1CC1. The lowest BCUT2D eigenvalue weighted by Crippen LogP contribution is -2.35. The van der Waals surface area contributed by atoms with Crippen LogP contribution in [-0.2, 0) is 10.0 Å². The molecular formula is C16H17ClF3N3O2S. The molecular weight excluding hydrogens is 391 g/mol. The van der Waals surface area contributed by atoms with Crippen LogP contribution in [0.3, 0.4) is 0 Å². The summed E-state index contributed by atoms with van der Waals surface area (Å²) in [6.07, 6.45) is 2.11. The Morgan fingerprint density at radius 2 is 1.96 bits per heavy atom. The van der Waals surface area contributed by atoms with E-state index in [1.54, 1.807) is 4.57 Å². The maximum absolute atomic E-state index is 13.9. The van der Waals surface area contributed by atoms with Crippen LogP contribution >= 0.6 is 11.6 Å². The number of halogens is 4. The Labute approximate surface area is 153 Å². The van der Waals surface area contributed by atoms with E-state index in [-0.39, 0.29) is 22.1 Å². The van der Waals surface area contributed by atoms with Gasteiger partial charge in [-0.3, -0.25) is 0 Å². The summed E-state index contributed by atoms with van der Waals surface area (Å²) in [6.45, 7) is 0. The van der Waals surface area contributed by atoms with Gasteiger partial charge in [-0.15, -0.1) is 0 Å². The fourth-order valence-electron chi connectivity index (χ4n) is 3.24. The van der Waals surface area contributed by atoms with E-state index in [0.29, 0.717) is 18.5 Å². The van der Waals surface area contributed by atoms with E-state index in [1.807, 2.05) is 0 Å². The molecule has 2 aromatic heterocycles. The molecule has 2 aliphatic carbocycles. The Kier molecular flexibility index (Phi) is 4.44. The van der Waals surface area contributed by atoms with Crippen LogP contribution in [0.4, 0.5) is 13.2 Å². The molecule has 0 bridgehead atoms. The third-order valence-electron chi connectivity index (χ3n) is 5.06. The topological polar surface area (TPSA) is 64.0 Å². The standard InChI is InChI=1S/C16H17ClF3N3O2S/c17-14-12(18)6-10-11(7-23(16(10)21-14)8-2-1-3-8)13(15(19)20)22-26(24,25)9-4-5-9/h6-9,13,15,22H,1-5H2/t13-/m0/s1. The molecule has 5 nitrogen and oxygen atoms in total. The number of pyridine rings is 1. The highest BCUT2D eigenvalue weighted by atomic mass is 35.5. The lowest BCUT2D eigenvalue weighted by molar-refractivity contribution is 0.109. The minimum absolute atomic E-state index is 0.0224. The number of alkyl halides is 2. The molecule has 0 unspecified atom stereocenters. The minimum Gasteiger partial charge on any atom is -0.329 e. The lowest BCUT2D eigenvalue weighted by atomic mass is 9.93. The molecule has 0 amide bonds. The Hall–Kier alpha value is -1.32. The first-order valence-corrected chi connectivity index (χ1v) is 10.4. The number of aromatic nitrogens is 2. The van der Waals surface area contributed by atoms with Gasteiger partial charge in [-0.05, 0) is 38.2 Å². The molecule has 1 N–H and O–H groups in total. The van der Waals surface area contributed by atoms with Crippen molar-refractivity contribution in [2.75, 3.05) is 0 Å². The van der Waals surface area contributed by atoms with E-state index in [4.69, 9.17) is 11.6 Å². The van der Waals surface area contributed by atoms with Crippen molar-refractivity contribution < 1.29 is 21.6 Å². The number of rotatable bonds is 6. The van der Waals surface area contributed by atoms with Crippen LogP contribution in [0, 0.1) is 5.82 Å². The van der Waals surface area contributed by atoms with Crippen molar-refractivity contribution in [1.82, 2.24) is 14.3 Å². The molecule has 4 rings (SSSR count). The first-order chi connectivity index (χ1) is 12.3. The molecule has 0 radical (unpaired) electrons. The molecule has 26 heavy (non-hydrogen) atoms. The summed E-state index contributed by atoms with van der Waals surface area (Å²) >= 11 is 5.77. The van der Waals surface area contributed by atoms with Crippen molar-refractivity contribution >= 4 is 32.7 Å². The highest BCUT2D eigenvalue weighted by molar-refractivity contribution is 7.90. The molecule has 0 aromatic carbocycles. The Bertz CT molecular complexity index is 955. The average molecular weight is 408 g/mol. The predicted octanol–water partition coefficient (Wildman–Crippen LogP) is 3.94. The fourth-order valence-corrected chi connectivity index (χ4v) is 4.91. The van der Waals surface area contributed by atoms with Gasteiger partial charge in [-0.1, -0.05) is 11.6 Å². The van der Waals surface area contributed by atoms with Gasteiger partial charge in [-0.25, -0.2) is 31.3 Å². The molecule has 10 heteroatoms. The molecule has 142 valence electrons. The van der Waals surface area contributed by atoms with Crippen LogP contribution in [-0.4, -0.2) is 29.6 Å². The smallest absolute Gasteiger partial charge is 0.258 e. The molecule has 0 aliphatic heterocycles. The van der Waals surface area contributed by atoms with E-state index in [0.717, 1.165) is 25.3 Å². The summed E-state index contributed by atoms with van der Waals surface area (Å²) in [6, 6.07) is -0.638. The summed E-state index contributed by atoms with van der Waals surface area (Å²) in [4.78, 5) is 4.02. The van der Waals surface area contributed by atoms with Crippen molar-refractivity contribution in [3.8, 4) is 0 Å². The van der Waals surface area contributed by atoms with Crippen LogP contribution in [0.15, 0.2) is 12.3 Å². The first-order valence-electron chi connectivity index (χ1n) is 8.43. The molecule has 1 atom stereocenters. The van der Waals surface area contributed by atoms with Gasteiger partial charge in [-0.2, -0.15) is 0 Å². The largest absolute Gasteiger partial charge is 0.329 e. The van der Waals surface area contributed by atoms with E-state index >= 15 is 0 Å². The average Bonchev–Trinajstić information content (AvgIpc) is 3.31. The van der Waals surface area contributed by atoms with Gasteiger partial charge < -0.3 is 4.57 Å². The van der Waals surface area contributed by atoms with E-state index in [9.17, 15) is 21.6 Å². The molecule has 2 aromatic rings. The molecule has 2 heterocycles. The van der Waals surface area contributed by atoms with E-state index < -0.39 is 33.6 Å². The van der Waals surface area contributed by atoms with Crippen molar-refractivity contribution in [3.05, 3.63) is 28.8 Å². The molecule has 2 fully saturated rings. The maximum Gasteiger partial charge on any atom is 0.258 e. The third-order valence-corrected chi connectivity index (χ3v) is 7.25. The zero-order valence-electron chi connectivity index (χ0n) is 13.6. The number of sulfonamides is 1. The van der Waals surface area contributed by atoms with Crippen LogP contribution in [0.1, 0.15) is 49.8 Å². The highest BCUT2D eigenvalue weighted by Crippen LogP contribution is 2.39. The van der Waals surface area contributed by atoms with Gasteiger partial charge in [0.2, 0.25) is 10.0 Å². The summed E-state index contributed by atoms with van der Waals surface area (Å²) in [5.41, 5.74) is 0.321. The Morgan fingerprint density at radius 3 is 2.50 bits per heavy atom. The second-order valence-electron chi connectivity index (χ2n) is 6.88. The lowest BCUT2D eigenvalue weighted by Gasteiger charge is -2.27. The van der Waals surface area contributed by atoms with Crippen molar-refractivity contribution in [2.45, 2.75) is 55.9 Å². The third kappa shape index (κ3) is 3.10. The molecule has 0 spiro atoms. The first kappa shape index (κ1) is 18.1. The minimum atomic E-state index is -3.85. The molecule has 0 saturated heterocycles. The monoisotopic (exact) mass is 407 g/mol. The van der Waals surface area contributed by atoms with Gasteiger partial charge in [0.05, 0.1) is 5.25 Å². The Balaban J connectivity index is 1.83. The summed E-state index contributed by atoms with van der Waals surface area (Å²) < 4.78 is 69.6. The maximum atomic E-state index is 13.9. The molecule has 2 saturated carbocycles. The summed E-state index contributed by atoms with van der Waals surface area (Å²) in [5.74, 6) is -0.829. The highest BCUT2D eigenvalue weighted by Gasteiger charge is 2.40. The van der Waals surface area contributed by atoms with Crippen LogP contribution in [0.5, 0.6) is 0 Å². The fraction of sp³-hybridized carbons (Fsp3) is 0.562. The van der Waals surface area contributed by atoms with Crippen LogP contribution < -0.4 is 4.72 Å². The number of fused-ring (bicyclic) bond motifs is 1. The van der Waals surface area contributed by atoms with Crippen molar-refractivity contribution in [1.29, 1.82) is 0 Å². The molecule has 2 aliphatic rings. The van der Waals surface area contributed by atoms with Crippen molar-refractivity contribution in [2.24, 2.45) is 0 Å². The van der Waals surface area contributed by atoms with Gasteiger partial charge in [0.25, 0.3) is 6.43 Å². The summed E-state index contributed by atoms with van der Waals surface area (Å²) in [7, 11) is -3.85. The van der Waals surface area contributed by atoms with Crippen LogP contribution in [0.25, 0.3) is 11.0 Å². The van der Waals surface area contributed by atoms with Gasteiger partial charge in [0.15, 0.2) is 11.0 Å². The predicted molar refractivity (Wildman–Crippen MR) is 91.4 cm³/mol. The number of hydrogen-bond acceptors (Lipinski definition) is 3. The van der Waals surface area contributed by atoms with Gasteiger partial charge >= 0.3 is 0 Å². The second kappa shape index (κ2) is 6.38. The quantitative estimate of drug-likeness (QED) is 0.737. The van der Waals surface area contributed by atoms with Gasteiger partial charge in [0.1, 0.15) is 11.7 Å². The normalized spacial score (nSPS) is 19.9. The zero-order chi connectivity index (χ0) is 18.6. The van der Waals surface area contributed by atoms with E-state index in [1.165, 1.54) is 6.20 Å². The van der Waals surface area contributed by atoms with E-state index in [2.05, 4.69) is 9.71 Å². The van der Waals surface area contributed by atoms with Gasteiger partial charge in [0, 0.05) is 23.2 Å². The second-order valence-corrected chi connectivity index (χ2v) is 9.23. The van der Waals surface area contributed by atoms with Crippen LogP contribution in [0.2, 0.25) is 5.15 Å². The number of hydrogen-bond donors (Lipinski definition) is 1. The Morgan fingerprint density at radius 1 is 1.27 bits per heavy atom. The number of nitrogens with zero attached hydrogens (tertiary/aromatic N) is 2. The summed E-state index contributed by atoms with van der Waals surface area (Å²) in [5, 5.41) is -0.814.